The Morgan fingerprint density at radius 1 is 0.939 bits per heavy atom. The number of oxime groups is 1. The van der Waals surface area contributed by atoms with E-state index in [1.165, 1.54) is 32.9 Å². The summed E-state index contributed by atoms with van der Waals surface area (Å²) in [6.07, 6.45) is -9.29. The molecule has 0 saturated carbocycles. The zero-order valence-corrected chi connectivity index (χ0v) is 50.9. The van der Waals surface area contributed by atoms with Crippen molar-refractivity contribution in [3.05, 3.63) is 41.7 Å². The Balaban J connectivity index is 1.26. The third-order valence-electron chi connectivity index (χ3n) is 17.8. The number of cyclic esters (lactones) is 1. The summed E-state index contributed by atoms with van der Waals surface area (Å²) in [6, 6.07) is 6.43. The lowest BCUT2D eigenvalue weighted by atomic mass is 9.73. The quantitative estimate of drug-likeness (QED) is 0.0576. The van der Waals surface area contributed by atoms with E-state index in [1.54, 1.807) is 68.5 Å². The third kappa shape index (κ3) is 15.5. The molecule has 24 heteroatoms. The Morgan fingerprint density at radius 2 is 1.61 bits per heavy atom. The molecule has 5 N–H and O–H groups in total. The van der Waals surface area contributed by atoms with Crippen LogP contribution in [0, 0.1) is 23.7 Å². The van der Waals surface area contributed by atoms with Crippen molar-refractivity contribution in [2.45, 2.75) is 205 Å². The predicted octanol–water partition coefficient (Wildman–Crippen LogP) is 3.96. The average Bonchev–Trinajstić information content (AvgIpc) is 4.08. The Hall–Kier alpha value is -4.02. The maximum atomic E-state index is 15.1. The molecule has 1 aromatic heterocycles. The third-order valence-corrected chi connectivity index (χ3v) is 17.8. The van der Waals surface area contributed by atoms with Crippen LogP contribution >= 0.6 is 0 Å². The lowest BCUT2D eigenvalue weighted by Crippen LogP contribution is -2.61. The maximum absolute atomic E-state index is 15.1. The van der Waals surface area contributed by atoms with Crippen LogP contribution in [0.15, 0.2) is 35.6 Å². The van der Waals surface area contributed by atoms with Gasteiger partial charge < -0.3 is 83.0 Å². The monoisotopic (exact) mass is 1170 g/mol. The Kier molecular flexibility index (Phi) is 23.7. The highest BCUT2D eigenvalue weighted by atomic mass is 19.1. The number of hydrogen-bond donors (Lipinski definition) is 5. The van der Waals surface area contributed by atoms with Gasteiger partial charge in [0.25, 0.3) is 0 Å². The van der Waals surface area contributed by atoms with Gasteiger partial charge in [0, 0.05) is 109 Å². The zero-order chi connectivity index (χ0) is 60.6. The molecule has 0 aliphatic carbocycles. The summed E-state index contributed by atoms with van der Waals surface area (Å²) in [5.41, 5.74) is -2.36. The fourth-order valence-electron chi connectivity index (χ4n) is 12.7. The van der Waals surface area contributed by atoms with Crippen LogP contribution in [-0.4, -0.2) is 227 Å². The lowest BCUT2D eigenvalue weighted by Gasteiger charge is -2.49. The molecular formula is C58H96FN7O16. The van der Waals surface area contributed by atoms with E-state index in [1.807, 2.05) is 48.0 Å². The fourth-order valence-corrected chi connectivity index (χ4v) is 12.7. The van der Waals surface area contributed by atoms with E-state index in [4.69, 9.17) is 42.7 Å². The van der Waals surface area contributed by atoms with Gasteiger partial charge in [-0.25, -0.2) is 9.07 Å². The van der Waals surface area contributed by atoms with Gasteiger partial charge in [0.1, 0.15) is 42.7 Å². The minimum absolute atomic E-state index is 0.0474. The van der Waals surface area contributed by atoms with Crippen LogP contribution in [-0.2, 0) is 58.7 Å². The van der Waals surface area contributed by atoms with Gasteiger partial charge in [-0.2, -0.15) is 0 Å². The van der Waals surface area contributed by atoms with Crippen molar-refractivity contribution in [2.75, 3.05) is 79.5 Å². The van der Waals surface area contributed by atoms with Crippen LogP contribution in [0.1, 0.15) is 125 Å². The maximum Gasteiger partial charge on any atom is 0.311 e. The molecule has 23 nitrogen and oxygen atoms in total. The Labute approximate surface area is 483 Å². The first-order valence-corrected chi connectivity index (χ1v) is 29.0. The van der Waals surface area contributed by atoms with Gasteiger partial charge >= 0.3 is 5.97 Å². The van der Waals surface area contributed by atoms with Crippen molar-refractivity contribution < 1.29 is 82.2 Å². The summed E-state index contributed by atoms with van der Waals surface area (Å²) in [5, 5.41) is 73.8. The number of carbonyl (C=O) groups is 2. The van der Waals surface area contributed by atoms with Gasteiger partial charge in [-0.1, -0.05) is 50.2 Å². The first-order chi connectivity index (χ1) is 38.7. The number of aliphatic hydroxyl groups is 5. The first-order valence-electron chi connectivity index (χ1n) is 29.0. The molecule has 4 fully saturated rings. The van der Waals surface area contributed by atoms with Gasteiger partial charge in [-0.05, 0) is 85.5 Å². The van der Waals surface area contributed by atoms with Gasteiger partial charge in [0.05, 0.1) is 59.0 Å². The van der Waals surface area contributed by atoms with Crippen molar-refractivity contribution in [1.29, 1.82) is 0 Å². The number of amides is 1. The van der Waals surface area contributed by atoms with E-state index in [-0.39, 0.29) is 37.7 Å². The minimum atomic E-state index is -2.00. The highest BCUT2D eigenvalue weighted by Crippen LogP contribution is 2.42. The molecular weight excluding hydrogens is 1070 g/mol. The molecule has 20 atom stereocenters. The fraction of sp³-hybridized carbons (Fsp3) is 0.810. The smallest absolute Gasteiger partial charge is 0.311 e. The predicted molar refractivity (Wildman–Crippen MR) is 300 cm³/mol. The number of benzene rings is 1. The van der Waals surface area contributed by atoms with Crippen LogP contribution < -0.4 is 4.90 Å². The summed E-state index contributed by atoms with van der Waals surface area (Å²) in [6.45, 7) is 20.4. The number of rotatable bonds is 19. The number of piperazine rings is 1. The van der Waals surface area contributed by atoms with Gasteiger partial charge in [-0.3, -0.25) is 9.59 Å². The molecule has 4 saturated heterocycles. The van der Waals surface area contributed by atoms with E-state index in [0.29, 0.717) is 51.3 Å². The normalized spacial score (nSPS) is 37.8. The molecule has 2 aromatic rings. The summed E-state index contributed by atoms with van der Waals surface area (Å²) in [4.78, 5) is 38.0. The van der Waals surface area contributed by atoms with E-state index in [0.717, 1.165) is 11.3 Å². The molecule has 6 rings (SSSR count). The number of hydrogen-bond acceptors (Lipinski definition) is 21. The second kappa shape index (κ2) is 28.9. The number of carbonyl (C=O) groups excluding carboxylic acids is 2. The van der Waals surface area contributed by atoms with E-state index in [9.17, 15) is 35.1 Å². The summed E-state index contributed by atoms with van der Waals surface area (Å²) >= 11 is 0. The molecule has 0 unspecified atom stereocenters. The SMILES string of the molecule is CC[C@H]1OC(=O)[C@H](C)[C@@H](O[C@H]2C[C@@](C)(OC)[C@@H](O)[C@H](C)O2)[C@H](C)[C@@H](O[C@@H]2O[C@H](C)C[C@H](N(C)CCc3cn([C@H](CF)[C@H](OC)c4ccc(N5CCN(C(C)=O)CC5)cc4)nn3)[C@H]2O)[C@](C)(O)C[C@@H](C)/C(=N\OCOC)[C@H](C)[C@@H](O)[C@]1(C)O. The molecule has 0 radical (unpaired) electrons. The number of methoxy groups -OCH3 is 3. The highest BCUT2D eigenvalue weighted by Gasteiger charge is 2.54. The summed E-state index contributed by atoms with van der Waals surface area (Å²) in [7, 11) is 6.30. The number of ether oxygens (including phenoxy) is 8. The molecule has 5 heterocycles. The lowest BCUT2D eigenvalue weighted by molar-refractivity contribution is -0.318. The standard InChI is InChI=1S/C58H96FN7O16/c1-16-45-58(11,73)51(69)35(4)47(61-77-32-74-13)33(2)28-56(9,72)53(36(5)49(37(6)54(71)80-45)81-46-29-57(10,76-15)52(70)38(7)79-46)82-55-48(68)43(27-34(3)78-55)63(12)22-21-41-31-66(62-60-41)44(30-59)50(75-14)40-17-19-42(20-18-40)65-25-23-64(24-26-65)39(8)67/h17-20,31,33-38,43-46,48-53,55,68-70,72-73H,16,21-30,32H2,1-15H3/b61-47+/t33-,34-,35+,36+,37-,38+,43+,44-,45-,46+,48-,49+,50-,51-,52+,53-,55+,56-,57-,58-/m1/s1. The van der Waals surface area contributed by atoms with Crippen LogP contribution in [0.2, 0.25) is 0 Å². The largest absolute Gasteiger partial charge is 0.459 e. The van der Waals surface area contributed by atoms with E-state index < -0.39 is 133 Å². The molecule has 0 bridgehead atoms. The molecule has 466 valence electrons. The van der Waals surface area contributed by atoms with Crippen molar-refractivity contribution >= 4 is 23.3 Å². The van der Waals surface area contributed by atoms with Crippen molar-refractivity contribution in [3.63, 3.8) is 0 Å². The molecule has 82 heavy (non-hydrogen) atoms. The molecule has 4 aliphatic heterocycles. The van der Waals surface area contributed by atoms with Crippen LogP contribution in [0.4, 0.5) is 10.1 Å². The summed E-state index contributed by atoms with van der Waals surface area (Å²) in [5.74, 6) is -4.37. The molecule has 1 aromatic carbocycles. The number of halogens is 1. The van der Waals surface area contributed by atoms with Crippen LogP contribution in [0.25, 0.3) is 0 Å². The van der Waals surface area contributed by atoms with Crippen molar-refractivity contribution in [2.24, 2.45) is 28.8 Å². The van der Waals surface area contributed by atoms with E-state index >= 15 is 4.39 Å². The van der Waals surface area contributed by atoms with Crippen LogP contribution in [0.5, 0.6) is 0 Å². The number of likely N-dealkylation sites (N-methyl/N-ethyl adjacent to an activating group) is 1. The minimum Gasteiger partial charge on any atom is -0.459 e. The first kappa shape index (κ1) is 67.1. The second-order valence-electron chi connectivity index (χ2n) is 24.0. The number of alkyl halides is 1. The highest BCUT2D eigenvalue weighted by molar-refractivity contribution is 5.88. The number of anilines is 1. The van der Waals surface area contributed by atoms with E-state index in [2.05, 4.69) is 20.4 Å². The Bertz CT molecular complexity index is 2360. The van der Waals surface area contributed by atoms with Gasteiger partial charge in [0.2, 0.25) is 12.7 Å². The average molecular weight is 1170 g/mol. The van der Waals surface area contributed by atoms with Gasteiger partial charge in [-0.15, -0.1) is 5.10 Å². The number of nitrogens with zero attached hydrogens (tertiary/aromatic N) is 7. The summed E-state index contributed by atoms with van der Waals surface area (Å²) < 4.78 is 65.9. The van der Waals surface area contributed by atoms with Crippen LogP contribution in [0.3, 0.4) is 0 Å². The number of aromatic nitrogens is 3. The van der Waals surface area contributed by atoms with Crippen molar-refractivity contribution in [3.8, 4) is 0 Å². The van der Waals surface area contributed by atoms with Gasteiger partial charge in [0.15, 0.2) is 12.6 Å². The molecule has 1 amide bonds. The zero-order valence-electron chi connectivity index (χ0n) is 50.9. The number of esters is 1. The van der Waals surface area contributed by atoms with Crippen molar-refractivity contribution in [1.82, 2.24) is 24.8 Å². The second-order valence-corrected chi connectivity index (χ2v) is 24.0. The number of aliphatic hydroxyl groups excluding tert-OH is 3. The topological polar surface area (TPSA) is 271 Å². The molecule has 4 aliphatic rings. The Morgan fingerprint density at radius 3 is 2.21 bits per heavy atom. The molecule has 0 spiro atoms.